The van der Waals surface area contributed by atoms with Gasteiger partial charge < -0.3 is 14.6 Å². The van der Waals surface area contributed by atoms with Crippen LogP contribution >= 0.6 is 15.9 Å². The van der Waals surface area contributed by atoms with E-state index in [2.05, 4.69) is 20.7 Å². The van der Waals surface area contributed by atoms with E-state index < -0.39 is 12.1 Å². The Labute approximate surface area is 95.9 Å². The van der Waals surface area contributed by atoms with Crippen molar-refractivity contribution in [3.05, 3.63) is 28.2 Å². The van der Waals surface area contributed by atoms with Gasteiger partial charge in [-0.2, -0.15) is 0 Å². The first-order valence-electron chi connectivity index (χ1n) is 4.19. The Balaban J connectivity index is 3.06. The Morgan fingerprint density at radius 2 is 2.13 bits per heavy atom. The number of hydrogen-bond acceptors (Lipinski definition) is 4. The number of benzene rings is 1. The minimum Gasteiger partial charge on any atom is -0.497 e. The third-order valence-electron chi connectivity index (χ3n) is 1.92. The van der Waals surface area contributed by atoms with E-state index in [1.54, 1.807) is 18.2 Å². The van der Waals surface area contributed by atoms with Crippen LogP contribution in [0.1, 0.15) is 11.7 Å². The Morgan fingerprint density at radius 3 is 2.67 bits per heavy atom. The van der Waals surface area contributed by atoms with Crippen LogP contribution in [-0.4, -0.2) is 25.3 Å². The third-order valence-corrected chi connectivity index (χ3v) is 2.64. The molecule has 0 aliphatic carbocycles. The van der Waals surface area contributed by atoms with Gasteiger partial charge in [0.2, 0.25) is 0 Å². The zero-order valence-electron chi connectivity index (χ0n) is 8.36. The molecule has 0 aromatic heterocycles. The van der Waals surface area contributed by atoms with Crippen LogP contribution in [0.15, 0.2) is 22.7 Å². The van der Waals surface area contributed by atoms with E-state index in [0.717, 1.165) is 0 Å². The summed E-state index contributed by atoms with van der Waals surface area (Å²) in [6.45, 7) is 0. The van der Waals surface area contributed by atoms with E-state index in [0.29, 0.717) is 15.8 Å². The average molecular weight is 275 g/mol. The van der Waals surface area contributed by atoms with Crippen LogP contribution in [0.2, 0.25) is 0 Å². The van der Waals surface area contributed by atoms with Crippen LogP contribution in [0, 0.1) is 0 Å². The molecule has 15 heavy (non-hydrogen) atoms. The lowest BCUT2D eigenvalue weighted by Crippen LogP contribution is -2.14. The van der Waals surface area contributed by atoms with Crippen molar-refractivity contribution in [2.24, 2.45) is 0 Å². The molecule has 1 unspecified atom stereocenters. The minimum absolute atomic E-state index is 0.418. The molecule has 0 aliphatic rings. The molecule has 1 rings (SSSR count). The lowest BCUT2D eigenvalue weighted by Gasteiger charge is -2.11. The number of halogens is 1. The zero-order chi connectivity index (χ0) is 11.4. The summed E-state index contributed by atoms with van der Waals surface area (Å²) in [6.07, 6.45) is -1.31. The fourth-order valence-corrected chi connectivity index (χ4v) is 1.56. The molecule has 82 valence electrons. The molecule has 4 nitrogen and oxygen atoms in total. The standard InChI is InChI=1S/C10H11BrO4/c1-14-6-3-4-8(11)7(5-6)9(12)10(13)15-2/h3-5,9,12H,1-2H3. The maximum atomic E-state index is 11.1. The van der Waals surface area contributed by atoms with Crippen molar-refractivity contribution in [3.63, 3.8) is 0 Å². The van der Waals surface area contributed by atoms with E-state index in [1.807, 2.05) is 0 Å². The van der Waals surface area contributed by atoms with Crippen molar-refractivity contribution in [1.29, 1.82) is 0 Å². The first-order chi connectivity index (χ1) is 7.10. The quantitative estimate of drug-likeness (QED) is 0.852. The van der Waals surface area contributed by atoms with Crippen LogP contribution in [0.5, 0.6) is 5.75 Å². The number of esters is 1. The summed E-state index contributed by atoms with van der Waals surface area (Å²) in [7, 11) is 2.73. The number of ether oxygens (including phenoxy) is 2. The Morgan fingerprint density at radius 1 is 1.47 bits per heavy atom. The van der Waals surface area contributed by atoms with Gasteiger partial charge in [0.1, 0.15) is 5.75 Å². The molecule has 1 aromatic carbocycles. The van der Waals surface area contributed by atoms with Gasteiger partial charge in [0, 0.05) is 10.0 Å². The van der Waals surface area contributed by atoms with Crippen molar-refractivity contribution in [2.75, 3.05) is 14.2 Å². The molecule has 0 heterocycles. The topological polar surface area (TPSA) is 55.8 Å². The molecular weight excluding hydrogens is 264 g/mol. The largest absolute Gasteiger partial charge is 0.497 e. The number of methoxy groups -OCH3 is 2. The summed E-state index contributed by atoms with van der Waals surface area (Å²) in [5.41, 5.74) is 0.418. The van der Waals surface area contributed by atoms with Gasteiger partial charge in [0.15, 0.2) is 6.10 Å². The maximum Gasteiger partial charge on any atom is 0.339 e. The van der Waals surface area contributed by atoms with E-state index in [4.69, 9.17) is 4.74 Å². The van der Waals surface area contributed by atoms with Gasteiger partial charge in [-0.1, -0.05) is 15.9 Å². The second kappa shape index (κ2) is 5.14. The van der Waals surface area contributed by atoms with Crippen molar-refractivity contribution < 1.29 is 19.4 Å². The van der Waals surface area contributed by atoms with E-state index in [-0.39, 0.29) is 0 Å². The van der Waals surface area contributed by atoms with Crippen molar-refractivity contribution in [2.45, 2.75) is 6.10 Å². The second-order valence-corrected chi connectivity index (χ2v) is 3.67. The number of aliphatic hydroxyl groups is 1. The maximum absolute atomic E-state index is 11.1. The molecule has 0 aliphatic heterocycles. The first-order valence-corrected chi connectivity index (χ1v) is 4.98. The summed E-state index contributed by atoms with van der Waals surface area (Å²) in [5.74, 6) is -0.139. The van der Waals surface area contributed by atoms with E-state index in [1.165, 1.54) is 14.2 Å². The Kier molecular flexibility index (Phi) is 4.11. The SMILES string of the molecule is COC(=O)C(O)c1cc(OC)ccc1Br. The summed E-state index contributed by atoms with van der Waals surface area (Å²) < 4.78 is 10.1. The number of rotatable bonds is 3. The molecule has 0 spiro atoms. The molecule has 1 N–H and O–H groups in total. The molecule has 1 aromatic rings. The monoisotopic (exact) mass is 274 g/mol. The smallest absolute Gasteiger partial charge is 0.339 e. The van der Waals surface area contributed by atoms with Crippen LogP contribution in [0.4, 0.5) is 0 Å². The van der Waals surface area contributed by atoms with Gasteiger partial charge in [-0.25, -0.2) is 4.79 Å². The molecule has 0 saturated heterocycles. The van der Waals surface area contributed by atoms with Crippen LogP contribution in [0.25, 0.3) is 0 Å². The molecule has 0 fully saturated rings. The van der Waals surface area contributed by atoms with Crippen LogP contribution in [-0.2, 0) is 9.53 Å². The van der Waals surface area contributed by atoms with E-state index >= 15 is 0 Å². The van der Waals surface area contributed by atoms with Gasteiger partial charge in [-0.05, 0) is 18.2 Å². The van der Waals surface area contributed by atoms with E-state index in [9.17, 15) is 9.90 Å². The Hall–Kier alpha value is -1.07. The van der Waals surface area contributed by atoms with Gasteiger partial charge in [-0.3, -0.25) is 0 Å². The molecule has 0 bridgehead atoms. The number of aliphatic hydroxyl groups excluding tert-OH is 1. The summed E-state index contributed by atoms with van der Waals surface area (Å²) >= 11 is 3.23. The Bertz CT molecular complexity index is 364. The summed E-state index contributed by atoms with van der Waals surface area (Å²) in [5, 5.41) is 9.63. The summed E-state index contributed by atoms with van der Waals surface area (Å²) in [4.78, 5) is 11.1. The molecule has 5 heteroatoms. The van der Waals surface area contributed by atoms with Gasteiger partial charge in [0.05, 0.1) is 14.2 Å². The lowest BCUT2D eigenvalue weighted by atomic mass is 10.1. The predicted octanol–water partition coefficient (Wildman–Crippen LogP) is 1.66. The number of carbonyl (C=O) groups excluding carboxylic acids is 1. The molecule has 0 radical (unpaired) electrons. The number of carbonyl (C=O) groups is 1. The second-order valence-electron chi connectivity index (χ2n) is 2.81. The van der Waals surface area contributed by atoms with Gasteiger partial charge >= 0.3 is 5.97 Å². The highest BCUT2D eigenvalue weighted by Gasteiger charge is 2.20. The molecule has 0 amide bonds. The fourth-order valence-electron chi connectivity index (χ4n) is 1.10. The minimum atomic E-state index is -1.31. The van der Waals surface area contributed by atoms with Crippen molar-refractivity contribution in [1.82, 2.24) is 0 Å². The highest BCUT2D eigenvalue weighted by Crippen LogP contribution is 2.28. The highest BCUT2D eigenvalue weighted by atomic mass is 79.9. The van der Waals surface area contributed by atoms with Crippen molar-refractivity contribution in [3.8, 4) is 5.75 Å². The van der Waals surface area contributed by atoms with Crippen LogP contribution in [0.3, 0.4) is 0 Å². The van der Waals surface area contributed by atoms with Crippen LogP contribution < -0.4 is 4.74 Å². The third kappa shape index (κ3) is 2.70. The predicted molar refractivity (Wildman–Crippen MR) is 57.7 cm³/mol. The number of hydrogen-bond donors (Lipinski definition) is 1. The molecule has 1 atom stereocenters. The fraction of sp³-hybridized carbons (Fsp3) is 0.300. The van der Waals surface area contributed by atoms with Crippen molar-refractivity contribution >= 4 is 21.9 Å². The zero-order valence-corrected chi connectivity index (χ0v) is 9.95. The molecular formula is C10H11BrO4. The lowest BCUT2D eigenvalue weighted by molar-refractivity contribution is -0.150. The normalized spacial score (nSPS) is 12.0. The summed E-state index contributed by atoms with van der Waals surface area (Å²) in [6, 6.07) is 4.99. The van der Waals surface area contributed by atoms with Gasteiger partial charge in [-0.15, -0.1) is 0 Å². The van der Waals surface area contributed by atoms with Gasteiger partial charge in [0.25, 0.3) is 0 Å². The highest BCUT2D eigenvalue weighted by molar-refractivity contribution is 9.10. The average Bonchev–Trinajstić information content (AvgIpc) is 2.27. The molecule has 0 saturated carbocycles. The first kappa shape index (κ1) is 12.0.